The van der Waals surface area contributed by atoms with Gasteiger partial charge in [0.15, 0.2) is 0 Å². The molecule has 0 saturated heterocycles. The predicted molar refractivity (Wildman–Crippen MR) is 65.5 cm³/mol. The summed E-state index contributed by atoms with van der Waals surface area (Å²) in [7, 11) is 0. The van der Waals surface area contributed by atoms with E-state index in [-0.39, 0.29) is 12.3 Å². The minimum Gasteiger partial charge on any atom is -0.379 e. The summed E-state index contributed by atoms with van der Waals surface area (Å²) in [5.41, 5.74) is 7.36. The first-order valence-corrected chi connectivity index (χ1v) is 5.68. The van der Waals surface area contributed by atoms with Gasteiger partial charge >= 0.3 is 0 Å². The lowest BCUT2D eigenvalue weighted by atomic mass is 10.2. The van der Waals surface area contributed by atoms with Crippen molar-refractivity contribution in [2.45, 2.75) is 20.0 Å². The molecular formula is C13H19NO3. The van der Waals surface area contributed by atoms with Crippen molar-refractivity contribution in [3.05, 3.63) is 35.4 Å². The number of carbonyl (C=O) groups is 1. The molecule has 0 aromatic heterocycles. The van der Waals surface area contributed by atoms with Gasteiger partial charge in [-0.2, -0.15) is 0 Å². The smallest absolute Gasteiger partial charge is 0.219 e. The first-order valence-electron chi connectivity index (χ1n) is 5.68. The Morgan fingerprint density at radius 1 is 1.12 bits per heavy atom. The van der Waals surface area contributed by atoms with Crippen molar-refractivity contribution in [2.24, 2.45) is 5.73 Å². The average Bonchev–Trinajstić information content (AvgIpc) is 2.30. The Balaban J connectivity index is 2.01. The maximum atomic E-state index is 10.4. The van der Waals surface area contributed by atoms with Crippen LogP contribution in [-0.4, -0.2) is 25.7 Å². The lowest BCUT2D eigenvalue weighted by Crippen LogP contribution is -2.14. The van der Waals surface area contributed by atoms with Gasteiger partial charge in [-0.1, -0.05) is 29.8 Å². The molecule has 0 aliphatic heterocycles. The fourth-order valence-electron chi connectivity index (χ4n) is 1.27. The fraction of sp³-hybridized carbons (Fsp3) is 0.462. The van der Waals surface area contributed by atoms with E-state index in [1.807, 2.05) is 12.1 Å². The largest absolute Gasteiger partial charge is 0.379 e. The quantitative estimate of drug-likeness (QED) is 0.695. The number of primary amides is 1. The number of hydrogen-bond donors (Lipinski definition) is 1. The van der Waals surface area contributed by atoms with Gasteiger partial charge in [0.2, 0.25) is 5.91 Å². The highest BCUT2D eigenvalue weighted by atomic mass is 16.5. The molecule has 1 rings (SSSR count). The molecule has 4 nitrogen and oxygen atoms in total. The highest BCUT2D eigenvalue weighted by molar-refractivity contribution is 5.73. The molecule has 2 N–H and O–H groups in total. The zero-order valence-corrected chi connectivity index (χ0v) is 10.1. The number of amides is 1. The van der Waals surface area contributed by atoms with Gasteiger partial charge in [0.1, 0.15) is 0 Å². The van der Waals surface area contributed by atoms with Crippen LogP contribution in [0.25, 0.3) is 0 Å². The van der Waals surface area contributed by atoms with E-state index in [0.29, 0.717) is 26.4 Å². The third-order valence-electron chi connectivity index (χ3n) is 2.25. The second-order valence-corrected chi connectivity index (χ2v) is 3.87. The van der Waals surface area contributed by atoms with Crippen LogP contribution in [0.2, 0.25) is 0 Å². The van der Waals surface area contributed by atoms with Crippen molar-refractivity contribution in [3.63, 3.8) is 0 Å². The first kappa shape index (κ1) is 13.7. The Kier molecular flexibility index (Phi) is 6.29. The van der Waals surface area contributed by atoms with Crippen molar-refractivity contribution in [1.82, 2.24) is 0 Å². The molecule has 0 bridgehead atoms. The molecule has 0 atom stereocenters. The topological polar surface area (TPSA) is 61.6 Å². The molecule has 17 heavy (non-hydrogen) atoms. The maximum Gasteiger partial charge on any atom is 0.219 e. The molecule has 1 aromatic rings. The molecule has 0 unspecified atom stereocenters. The summed E-state index contributed by atoms with van der Waals surface area (Å²) in [6.45, 7) is 4.01. The summed E-state index contributed by atoms with van der Waals surface area (Å²) >= 11 is 0. The fourth-order valence-corrected chi connectivity index (χ4v) is 1.27. The van der Waals surface area contributed by atoms with Gasteiger partial charge in [0, 0.05) is 6.42 Å². The summed E-state index contributed by atoms with van der Waals surface area (Å²) in [4.78, 5) is 10.4. The van der Waals surface area contributed by atoms with E-state index in [1.54, 1.807) is 0 Å². The second kappa shape index (κ2) is 7.81. The standard InChI is InChI=1S/C13H19NO3/c1-11-2-4-12(5-3-11)10-17-9-8-16-7-6-13(14)15/h2-5H,6-10H2,1H3,(H2,14,15). The van der Waals surface area contributed by atoms with E-state index in [4.69, 9.17) is 15.2 Å². The summed E-state index contributed by atoms with van der Waals surface area (Å²) in [5, 5.41) is 0. The lowest BCUT2D eigenvalue weighted by Gasteiger charge is -2.05. The number of rotatable bonds is 8. The van der Waals surface area contributed by atoms with Crippen molar-refractivity contribution < 1.29 is 14.3 Å². The van der Waals surface area contributed by atoms with E-state index < -0.39 is 0 Å². The average molecular weight is 237 g/mol. The Labute approximate surface area is 102 Å². The number of benzene rings is 1. The molecule has 4 heteroatoms. The van der Waals surface area contributed by atoms with E-state index in [1.165, 1.54) is 5.56 Å². The Hall–Kier alpha value is -1.39. The van der Waals surface area contributed by atoms with Gasteiger partial charge in [0.05, 0.1) is 26.4 Å². The van der Waals surface area contributed by atoms with Gasteiger partial charge < -0.3 is 15.2 Å². The molecule has 0 aliphatic carbocycles. The zero-order valence-electron chi connectivity index (χ0n) is 10.1. The van der Waals surface area contributed by atoms with Crippen molar-refractivity contribution in [3.8, 4) is 0 Å². The monoisotopic (exact) mass is 237 g/mol. The van der Waals surface area contributed by atoms with Crippen molar-refractivity contribution >= 4 is 5.91 Å². The third-order valence-corrected chi connectivity index (χ3v) is 2.25. The molecule has 1 amide bonds. The van der Waals surface area contributed by atoms with Crippen LogP contribution >= 0.6 is 0 Å². The lowest BCUT2D eigenvalue weighted by molar-refractivity contribution is -0.119. The molecule has 0 saturated carbocycles. The van der Waals surface area contributed by atoms with Gasteiger partial charge in [-0.15, -0.1) is 0 Å². The predicted octanol–water partition coefficient (Wildman–Crippen LogP) is 1.40. The molecule has 0 radical (unpaired) electrons. The minimum atomic E-state index is -0.342. The van der Waals surface area contributed by atoms with Gasteiger partial charge in [-0.25, -0.2) is 0 Å². The van der Waals surface area contributed by atoms with Gasteiger partial charge in [0.25, 0.3) is 0 Å². The SMILES string of the molecule is Cc1ccc(COCCOCCC(N)=O)cc1. The number of nitrogens with two attached hydrogens (primary N) is 1. The molecule has 0 spiro atoms. The molecule has 1 aromatic carbocycles. The number of aryl methyl sites for hydroxylation is 1. The van der Waals surface area contributed by atoms with E-state index in [2.05, 4.69) is 19.1 Å². The number of hydrogen-bond acceptors (Lipinski definition) is 3. The summed E-state index contributed by atoms with van der Waals surface area (Å²) < 4.78 is 10.6. The van der Waals surface area contributed by atoms with Crippen LogP contribution < -0.4 is 5.73 Å². The highest BCUT2D eigenvalue weighted by Gasteiger charge is 1.95. The molecular weight excluding hydrogens is 218 g/mol. The van der Waals surface area contributed by atoms with Crippen LogP contribution in [0.15, 0.2) is 24.3 Å². The summed E-state index contributed by atoms with van der Waals surface area (Å²) in [6, 6.07) is 8.21. The third kappa shape index (κ3) is 6.71. The zero-order chi connectivity index (χ0) is 12.5. The molecule has 0 aliphatic rings. The van der Waals surface area contributed by atoms with Crippen LogP contribution in [0.3, 0.4) is 0 Å². The van der Waals surface area contributed by atoms with Crippen LogP contribution in [0.4, 0.5) is 0 Å². The number of carbonyl (C=O) groups excluding carboxylic acids is 1. The maximum absolute atomic E-state index is 10.4. The van der Waals surface area contributed by atoms with Crippen LogP contribution in [0.5, 0.6) is 0 Å². The Morgan fingerprint density at radius 3 is 2.41 bits per heavy atom. The van der Waals surface area contributed by atoms with Crippen molar-refractivity contribution in [2.75, 3.05) is 19.8 Å². The van der Waals surface area contributed by atoms with E-state index in [0.717, 1.165) is 5.56 Å². The molecule has 0 fully saturated rings. The number of ether oxygens (including phenoxy) is 2. The summed E-state index contributed by atoms with van der Waals surface area (Å²) in [5.74, 6) is -0.342. The van der Waals surface area contributed by atoms with Crippen LogP contribution in [0, 0.1) is 6.92 Å². The Bertz CT molecular complexity index is 335. The van der Waals surface area contributed by atoms with Gasteiger partial charge in [-0.3, -0.25) is 4.79 Å². The molecule has 94 valence electrons. The van der Waals surface area contributed by atoms with Crippen molar-refractivity contribution in [1.29, 1.82) is 0 Å². The second-order valence-electron chi connectivity index (χ2n) is 3.87. The first-order chi connectivity index (χ1) is 8.18. The van der Waals surface area contributed by atoms with Crippen LogP contribution in [0.1, 0.15) is 17.5 Å². The minimum absolute atomic E-state index is 0.262. The Morgan fingerprint density at radius 2 is 1.76 bits per heavy atom. The van der Waals surface area contributed by atoms with Gasteiger partial charge in [-0.05, 0) is 12.5 Å². The van der Waals surface area contributed by atoms with Crippen LogP contribution in [-0.2, 0) is 20.9 Å². The highest BCUT2D eigenvalue weighted by Crippen LogP contribution is 2.04. The molecule has 0 heterocycles. The summed E-state index contributed by atoms with van der Waals surface area (Å²) in [6.07, 6.45) is 0.262. The normalized spacial score (nSPS) is 10.4. The van der Waals surface area contributed by atoms with E-state index in [9.17, 15) is 4.79 Å². The van der Waals surface area contributed by atoms with E-state index >= 15 is 0 Å².